The molecule has 1 saturated heterocycles. The van der Waals surface area contributed by atoms with E-state index in [-0.39, 0.29) is 6.04 Å². The van der Waals surface area contributed by atoms with Gasteiger partial charge in [-0.1, -0.05) is 0 Å². The highest BCUT2D eigenvalue weighted by molar-refractivity contribution is 5.50. The van der Waals surface area contributed by atoms with E-state index in [0.29, 0.717) is 6.04 Å². The fourth-order valence-corrected chi connectivity index (χ4v) is 2.68. The van der Waals surface area contributed by atoms with Crippen molar-refractivity contribution < 1.29 is 9.47 Å². The molecule has 2 atom stereocenters. The summed E-state index contributed by atoms with van der Waals surface area (Å²) in [7, 11) is 3.35. The number of nitrogens with one attached hydrogen (secondary N) is 1. The molecular formula is C14H22N2O2. The van der Waals surface area contributed by atoms with Crippen molar-refractivity contribution in [3.8, 4) is 11.5 Å². The molecule has 1 aliphatic heterocycles. The lowest BCUT2D eigenvalue weighted by atomic mass is 9.96. The molecule has 3 N–H and O–H groups in total. The molecule has 2 rings (SSSR count). The molecule has 1 heterocycles. The highest BCUT2D eigenvalue weighted by atomic mass is 16.5. The van der Waals surface area contributed by atoms with Crippen molar-refractivity contribution >= 4 is 0 Å². The van der Waals surface area contributed by atoms with Crippen molar-refractivity contribution in [3.63, 3.8) is 0 Å². The van der Waals surface area contributed by atoms with E-state index < -0.39 is 0 Å². The van der Waals surface area contributed by atoms with Gasteiger partial charge in [-0.25, -0.2) is 0 Å². The molecule has 0 saturated carbocycles. The van der Waals surface area contributed by atoms with Crippen LogP contribution in [0.2, 0.25) is 0 Å². The van der Waals surface area contributed by atoms with Gasteiger partial charge in [0.05, 0.1) is 14.2 Å². The first-order valence-electron chi connectivity index (χ1n) is 6.39. The molecule has 1 aromatic rings. The molecule has 0 aliphatic carbocycles. The van der Waals surface area contributed by atoms with E-state index in [2.05, 4.69) is 5.32 Å². The van der Waals surface area contributed by atoms with E-state index in [1.165, 1.54) is 6.42 Å². The van der Waals surface area contributed by atoms with Crippen LogP contribution in [-0.4, -0.2) is 26.8 Å². The first-order valence-corrected chi connectivity index (χ1v) is 6.39. The molecule has 0 spiro atoms. The molecule has 100 valence electrons. The molecule has 0 radical (unpaired) electrons. The standard InChI is InChI=1S/C14H22N2O2/c1-9-12(17-2)7-6-10(14(9)18-3)13(15)11-5-4-8-16-11/h6-7,11,13,16H,4-5,8,15H2,1-3H3. The van der Waals surface area contributed by atoms with E-state index in [1.807, 2.05) is 19.1 Å². The topological polar surface area (TPSA) is 56.5 Å². The third-order valence-electron chi connectivity index (χ3n) is 3.70. The molecular weight excluding hydrogens is 228 g/mol. The second-order valence-corrected chi connectivity index (χ2v) is 4.74. The Labute approximate surface area is 108 Å². The number of hydrogen-bond acceptors (Lipinski definition) is 4. The lowest BCUT2D eigenvalue weighted by Gasteiger charge is -2.23. The normalized spacial score (nSPS) is 20.8. The summed E-state index contributed by atoms with van der Waals surface area (Å²) in [6.07, 6.45) is 2.31. The third kappa shape index (κ3) is 2.31. The maximum Gasteiger partial charge on any atom is 0.130 e. The van der Waals surface area contributed by atoms with E-state index in [9.17, 15) is 0 Å². The Kier molecular flexibility index (Phi) is 4.09. The zero-order valence-electron chi connectivity index (χ0n) is 11.3. The van der Waals surface area contributed by atoms with Gasteiger partial charge in [0.15, 0.2) is 0 Å². The molecule has 1 aromatic carbocycles. The average molecular weight is 250 g/mol. The Balaban J connectivity index is 2.34. The van der Waals surface area contributed by atoms with Gasteiger partial charge in [0.2, 0.25) is 0 Å². The summed E-state index contributed by atoms with van der Waals surface area (Å²) < 4.78 is 10.8. The molecule has 0 amide bonds. The Morgan fingerprint density at radius 1 is 1.33 bits per heavy atom. The van der Waals surface area contributed by atoms with Crippen molar-refractivity contribution in [3.05, 3.63) is 23.3 Å². The van der Waals surface area contributed by atoms with Gasteiger partial charge in [0.25, 0.3) is 0 Å². The van der Waals surface area contributed by atoms with Gasteiger partial charge in [0.1, 0.15) is 11.5 Å². The lowest BCUT2D eigenvalue weighted by Crippen LogP contribution is -2.34. The summed E-state index contributed by atoms with van der Waals surface area (Å²) in [5.41, 5.74) is 8.41. The van der Waals surface area contributed by atoms with Crippen molar-refractivity contribution in [2.24, 2.45) is 5.73 Å². The first-order chi connectivity index (χ1) is 8.69. The van der Waals surface area contributed by atoms with Gasteiger partial charge in [-0.05, 0) is 38.4 Å². The molecule has 1 aliphatic rings. The molecule has 0 aromatic heterocycles. The smallest absolute Gasteiger partial charge is 0.130 e. The molecule has 4 nitrogen and oxygen atoms in total. The molecule has 1 fully saturated rings. The van der Waals surface area contributed by atoms with Crippen LogP contribution in [-0.2, 0) is 0 Å². The van der Waals surface area contributed by atoms with Gasteiger partial charge in [-0.2, -0.15) is 0 Å². The monoisotopic (exact) mass is 250 g/mol. The van der Waals surface area contributed by atoms with Crippen LogP contribution < -0.4 is 20.5 Å². The number of rotatable bonds is 4. The zero-order chi connectivity index (χ0) is 13.1. The minimum Gasteiger partial charge on any atom is -0.496 e. The summed E-state index contributed by atoms with van der Waals surface area (Å²) in [5.74, 6) is 1.68. The minimum absolute atomic E-state index is 0.0351. The van der Waals surface area contributed by atoms with Gasteiger partial charge < -0.3 is 20.5 Å². The van der Waals surface area contributed by atoms with E-state index in [1.54, 1.807) is 14.2 Å². The van der Waals surface area contributed by atoms with E-state index >= 15 is 0 Å². The zero-order valence-corrected chi connectivity index (χ0v) is 11.3. The molecule has 4 heteroatoms. The van der Waals surface area contributed by atoms with E-state index in [0.717, 1.165) is 35.6 Å². The average Bonchev–Trinajstić information content (AvgIpc) is 2.91. The Hall–Kier alpha value is -1.26. The number of ether oxygens (including phenoxy) is 2. The van der Waals surface area contributed by atoms with Crippen molar-refractivity contribution in [1.82, 2.24) is 5.32 Å². The van der Waals surface area contributed by atoms with Crippen molar-refractivity contribution in [2.75, 3.05) is 20.8 Å². The molecule has 0 bridgehead atoms. The largest absolute Gasteiger partial charge is 0.496 e. The van der Waals surface area contributed by atoms with Crippen LogP contribution in [0.4, 0.5) is 0 Å². The van der Waals surface area contributed by atoms with Crippen LogP contribution in [0.5, 0.6) is 11.5 Å². The Morgan fingerprint density at radius 3 is 2.67 bits per heavy atom. The van der Waals surface area contributed by atoms with Crippen LogP contribution in [0.1, 0.15) is 30.0 Å². The predicted molar refractivity (Wildman–Crippen MR) is 72.2 cm³/mol. The van der Waals surface area contributed by atoms with Gasteiger partial charge in [-0.3, -0.25) is 0 Å². The Morgan fingerprint density at radius 2 is 2.11 bits per heavy atom. The van der Waals surface area contributed by atoms with Crippen LogP contribution in [0.3, 0.4) is 0 Å². The number of methoxy groups -OCH3 is 2. The fraction of sp³-hybridized carbons (Fsp3) is 0.571. The number of nitrogens with two attached hydrogens (primary N) is 1. The lowest BCUT2D eigenvalue weighted by molar-refractivity contribution is 0.377. The van der Waals surface area contributed by atoms with Crippen molar-refractivity contribution in [2.45, 2.75) is 31.8 Å². The van der Waals surface area contributed by atoms with E-state index in [4.69, 9.17) is 15.2 Å². The van der Waals surface area contributed by atoms with Crippen LogP contribution in [0.15, 0.2) is 12.1 Å². The van der Waals surface area contributed by atoms with Gasteiger partial charge in [-0.15, -0.1) is 0 Å². The second-order valence-electron chi connectivity index (χ2n) is 4.74. The summed E-state index contributed by atoms with van der Waals surface area (Å²) >= 11 is 0. The minimum atomic E-state index is -0.0351. The maximum atomic E-state index is 6.35. The maximum absolute atomic E-state index is 6.35. The highest BCUT2D eigenvalue weighted by Crippen LogP contribution is 2.36. The summed E-state index contributed by atoms with van der Waals surface area (Å²) in [6.45, 7) is 3.05. The summed E-state index contributed by atoms with van der Waals surface area (Å²) in [4.78, 5) is 0. The van der Waals surface area contributed by atoms with Crippen LogP contribution >= 0.6 is 0 Å². The first kappa shape index (κ1) is 13.2. The fourth-order valence-electron chi connectivity index (χ4n) is 2.68. The molecule has 2 unspecified atom stereocenters. The Bertz CT molecular complexity index is 415. The third-order valence-corrected chi connectivity index (χ3v) is 3.70. The SMILES string of the molecule is COc1ccc(C(N)C2CCCN2)c(OC)c1C. The molecule has 18 heavy (non-hydrogen) atoms. The van der Waals surface area contributed by atoms with Crippen LogP contribution in [0.25, 0.3) is 0 Å². The second kappa shape index (κ2) is 5.59. The number of benzene rings is 1. The number of hydrogen-bond donors (Lipinski definition) is 2. The highest BCUT2D eigenvalue weighted by Gasteiger charge is 2.26. The summed E-state index contributed by atoms with van der Waals surface area (Å²) in [5, 5.41) is 3.44. The van der Waals surface area contributed by atoms with Gasteiger partial charge >= 0.3 is 0 Å². The summed E-state index contributed by atoms with van der Waals surface area (Å²) in [6, 6.07) is 4.27. The van der Waals surface area contributed by atoms with Gasteiger partial charge in [0, 0.05) is 23.2 Å². The van der Waals surface area contributed by atoms with Crippen LogP contribution in [0, 0.1) is 6.92 Å². The predicted octanol–water partition coefficient (Wildman–Crippen LogP) is 1.76. The quantitative estimate of drug-likeness (QED) is 0.855. The van der Waals surface area contributed by atoms with Crippen molar-refractivity contribution in [1.29, 1.82) is 0 Å².